The summed E-state index contributed by atoms with van der Waals surface area (Å²) in [6, 6.07) is 8.57. The number of halogens is 1. The SMILES string of the molecule is CCNC(C)c1cc(Br)ccc1OCCC(C)(C)C#N. The second kappa shape index (κ2) is 7.66. The van der Waals surface area contributed by atoms with Crippen molar-refractivity contribution in [1.29, 1.82) is 5.26 Å². The van der Waals surface area contributed by atoms with E-state index in [1.807, 2.05) is 26.0 Å². The van der Waals surface area contributed by atoms with Crippen molar-refractivity contribution in [3.63, 3.8) is 0 Å². The van der Waals surface area contributed by atoms with Crippen molar-refractivity contribution in [3.05, 3.63) is 28.2 Å². The third-order valence-corrected chi connectivity index (χ3v) is 3.73. The fourth-order valence-electron chi connectivity index (χ4n) is 1.88. The molecule has 0 aliphatic rings. The van der Waals surface area contributed by atoms with Gasteiger partial charge in [-0.15, -0.1) is 0 Å². The van der Waals surface area contributed by atoms with Crippen LogP contribution in [0.5, 0.6) is 5.75 Å². The summed E-state index contributed by atoms with van der Waals surface area (Å²) >= 11 is 3.50. The molecule has 1 N–H and O–H groups in total. The number of hydrogen-bond donors (Lipinski definition) is 1. The molecule has 0 fully saturated rings. The van der Waals surface area contributed by atoms with Crippen molar-refractivity contribution in [2.75, 3.05) is 13.2 Å². The lowest BCUT2D eigenvalue weighted by Gasteiger charge is -2.20. The molecule has 0 radical (unpaired) electrons. The van der Waals surface area contributed by atoms with Crippen LogP contribution in [0.2, 0.25) is 0 Å². The Bertz CT molecular complexity index is 480. The fraction of sp³-hybridized carbons (Fsp3) is 0.562. The van der Waals surface area contributed by atoms with E-state index in [4.69, 9.17) is 10.00 Å². The summed E-state index contributed by atoms with van der Waals surface area (Å²) in [4.78, 5) is 0. The summed E-state index contributed by atoms with van der Waals surface area (Å²) in [6.07, 6.45) is 0.717. The van der Waals surface area contributed by atoms with Crippen LogP contribution in [-0.4, -0.2) is 13.2 Å². The summed E-state index contributed by atoms with van der Waals surface area (Å²) in [7, 11) is 0. The number of benzene rings is 1. The van der Waals surface area contributed by atoms with Crippen LogP contribution in [0.3, 0.4) is 0 Å². The minimum absolute atomic E-state index is 0.233. The standard InChI is InChI=1S/C16H23BrN2O/c1-5-19-12(2)14-10-13(17)6-7-15(14)20-9-8-16(3,4)11-18/h6-7,10,12,19H,5,8-9H2,1-4H3. The predicted octanol–water partition coefficient (Wildman–Crippen LogP) is 4.44. The van der Waals surface area contributed by atoms with Crippen LogP contribution < -0.4 is 10.1 Å². The molecule has 0 saturated heterocycles. The van der Waals surface area contributed by atoms with Crippen molar-refractivity contribution < 1.29 is 4.74 Å². The Morgan fingerprint density at radius 3 is 2.75 bits per heavy atom. The first-order valence-corrected chi connectivity index (χ1v) is 7.76. The van der Waals surface area contributed by atoms with Crippen molar-refractivity contribution in [1.82, 2.24) is 5.32 Å². The third-order valence-electron chi connectivity index (χ3n) is 3.24. The minimum atomic E-state index is -0.344. The Kier molecular flexibility index (Phi) is 6.51. The van der Waals surface area contributed by atoms with E-state index in [9.17, 15) is 0 Å². The maximum atomic E-state index is 9.02. The summed E-state index contributed by atoms with van der Waals surface area (Å²) in [5, 5.41) is 12.4. The van der Waals surface area contributed by atoms with Gasteiger partial charge in [-0.3, -0.25) is 0 Å². The van der Waals surface area contributed by atoms with Gasteiger partial charge in [0.15, 0.2) is 0 Å². The van der Waals surface area contributed by atoms with Crippen LogP contribution in [0.25, 0.3) is 0 Å². The molecule has 0 saturated carbocycles. The van der Waals surface area contributed by atoms with Gasteiger partial charge in [0.25, 0.3) is 0 Å². The van der Waals surface area contributed by atoms with Gasteiger partial charge in [0.05, 0.1) is 18.1 Å². The Labute approximate surface area is 130 Å². The predicted molar refractivity (Wildman–Crippen MR) is 85.7 cm³/mol. The molecule has 0 bridgehead atoms. The van der Waals surface area contributed by atoms with E-state index < -0.39 is 0 Å². The zero-order valence-electron chi connectivity index (χ0n) is 12.7. The molecule has 1 aromatic carbocycles. The molecule has 0 spiro atoms. The molecule has 1 rings (SSSR count). The number of nitrogens with one attached hydrogen (secondary N) is 1. The monoisotopic (exact) mass is 338 g/mol. The average Bonchev–Trinajstić information content (AvgIpc) is 2.40. The second-order valence-electron chi connectivity index (χ2n) is 5.56. The lowest BCUT2D eigenvalue weighted by molar-refractivity contribution is 0.260. The third kappa shape index (κ3) is 5.15. The highest BCUT2D eigenvalue weighted by molar-refractivity contribution is 9.10. The van der Waals surface area contributed by atoms with Crippen LogP contribution in [0.1, 0.15) is 45.7 Å². The largest absolute Gasteiger partial charge is 0.493 e. The summed E-state index contributed by atoms with van der Waals surface area (Å²) in [5.41, 5.74) is 0.791. The highest BCUT2D eigenvalue weighted by atomic mass is 79.9. The lowest BCUT2D eigenvalue weighted by atomic mass is 9.92. The lowest BCUT2D eigenvalue weighted by Crippen LogP contribution is -2.19. The highest BCUT2D eigenvalue weighted by Crippen LogP contribution is 2.29. The maximum Gasteiger partial charge on any atom is 0.124 e. The van der Waals surface area contributed by atoms with E-state index in [2.05, 4.69) is 47.2 Å². The molecular weight excluding hydrogens is 316 g/mol. The van der Waals surface area contributed by atoms with Crippen LogP contribution in [0, 0.1) is 16.7 Å². The zero-order valence-corrected chi connectivity index (χ0v) is 14.3. The van der Waals surface area contributed by atoms with Gasteiger partial charge in [-0.05, 0) is 51.9 Å². The van der Waals surface area contributed by atoms with E-state index in [1.54, 1.807) is 0 Å². The minimum Gasteiger partial charge on any atom is -0.493 e. The van der Waals surface area contributed by atoms with Gasteiger partial charge >= 0.3 is 0 Å². The maximum absolute atomic E-state index is 9.02. The van der Waals surface area contributed by atoms with Crippen molar-refractivity contribution in [3.8, 4) is 11.8 Å². The molecule has 0 aliphatic heterocycles. The van der Waals surface area contributed by atoms with E-state index in [1.165, 1.54) is 0 Å². The van der Waals surface area contributed by atoms with Gasteiger partial charge in [0.2, 0.25) is 0 Å². The van der Waals surface area contributed by atoms with Gasteiger partial charge in [-0.1, -0.05) is 22.9 Å². The number of hydrogen-bond acceptors (Lipinski definition) is 3. The first-order valence-electron chi connectivity index (χ1n) is 6.96. The molecule has 20 heavy (non-hydrogen) atoms. The highest BCUT2D eigenvalue weighted by Gasteiger charge is 2.17. The summed E-state index contributed by atoms with van der Waals surface area (Å²) in [6.45, 7) is 9.53. The Morgan fingerprint density at radius 2 is 2.15 bits per heavy atom. The Hall–Kier alpha value is -1.05. The van der Waals surface area contributed by atoms with Crippen LogP contribution >= 0.6 is 15.9 Å². The molecule has 0 aliphatic carbocycles. The van der Waals surface area contributed by atoms with Gasteiger partial charge in [-0.25, -0.2) is 0 Å². The molecule has 0 amide bonds. The quantitative estimate of drug-likeness (QED) is 0.799. The summed E-state index contributed by atoms with van der Waals surface area (Å²) in [5.74, 6) is 0.885. The number of rotatable bonds is 7. The van der Waals surface area contributed by atoms with Gasteiger partial charge in [-0.2, -0.15) is 5.26 Å². The summed E-state index contributed by atoms with van der Waals surface area (Å²) < 4.78 is 6.93. The van der Waals surface area contributed by atoms with Gasteiger partial charge in [0.1, 0.15) is 5.75 Å². The molecule has 3 nitrogen and oxygen atoms in total. The normalized spacial score (nSPS) is 12.8. The molecule has 1 unspecified atom stereocenters. The smallest absolute Gasteiger partial charge is 0.124 e. The van der Waals surface area contributed by atoms with Crippen LogP contribution in [-0.2, 0) is 0 Å². The van der Waals surface area contributed by atoms with Crippen LogP contribution in [0.4, 0.5) is 0 Å². The van der Waals surface area contributed by atoms with E-state index >= 15 is 0 Å². The van der Waals surface area contributed by atoms with E-state index in [0.717, 1.165) is 22.3 Å². The van der Waals surface area contributed by atoms with Crippen molar-refractivity contribution in [2.45, 2.75) is 40.2 Å². The average molecular weight is 339 g/mol. The first kappa shape index (κ1) is 17.0. The van der Waals surface area contributed by atoms with Crippen LogP contribution in [0.15, 0.2) is 22.7 Å². The Balaban J connectivity index is 2.77. The van der Waals surface area contributed by atoms with Crippen molar-refractivity contribution in [2.24, 2.45) is 5.41 Å². The molecule has 1 aromatic rings. The van der Waals surface area contributed by atoms with Gasteiger partial charge in [0, 0.05) is 16.1 Å². The van der Waals surface area contributed by atoms with Gasteiger partial charge < -0.3 is 10.1 Å². The molecular formula is C16H23BrN2O. The molecule has 0 heterocycles. The molecule has 110 valence electrons. The Morgan fingerprint density at radius 1 is 1.45 bits per heavy atom. The molecule has 0 aromatic heterocycles. The zero-order chi connectivity index (χ0) is 15.2. The number of ether oxygens (including phenoxy) is 1. The fourth-order valence-corrected chi connectivity index (χ4v) is 2.26. The molecule has 4 heteroatoms. The first-order chi connectivity index (χ1) is 9.39. The second-order valence-corrected chi connectivity index (χ2v) is 6.47. The van der Waals surface area contributed by atoms with E-state index in [0.29, 0.717) is 13.0 Å². The van der Waals surface area contributed by atoms with E-state index in [-0.39, 0.29) is 11.5 Å². The number of nitriles is 1. The topological polar surface area (TPSA) is 45.0 Å². The molecule has 1 atom stereocenters. The number of nitrogens with zero attached hydrogens (tertiary/aromatic N) is 1. The van der Waals surface area contributed by atoms with Crippen molar-refractivity contribution >= 4 is 15.9 Å².